The van der Waals surface area contributed by atoms with Crippen molar-refractivity contribution in [2.24, 2.45) is 0 Å². The number of rotatable bonds is 6. The molecule has 1 unspecified atom stereocenters. The third-order valence-corrected chi connectivity index (χ3v) is 4.37. The molecule has 1 amide bonds. The summed E-state index contributed by atoms with van der Waals surface area (Å²) in [5.41, 5.74) is 1.54. The number of amides is 1. The van der Waals surface area contributed by atoms with Gasteiger partial charge in [-0.1, -0.05) is 12.1 Å². The molecule has 2 rings (SSSR count). The van der Waals surface area contributed by atoms with Crippen LogP contribution in [0.25, 0.3) is 0 Å². The molecule has 1 aromatic carbocycles. The lowest BCUT2D eigenvalue weighted by Gasteiger charge is -2.24. The van der Waals surface area contributed by atoms with Crippen LogP contribution in [-0.4, -0.2) is 36.4 Å². The molecule has 0 bridgehead atoms. The topological polar surface area (TPSA) is 75.5 Å². The molecule has 0 radical (unpaired) electrons. The number of benzene rings is 1. The Hall–Kier alpha value is -2.25. The highest BCUT2D eigenvalue weighted by Crippen LogP contribution is 2.24. The SMILES string of the molecule is Cc1cccc(C(=O)NCC(c2ccsc2)N(C)C)c1[N+](=O)[O-]. The van der Waals surface area contributed by atoms with Gasteiger partial charge in [-0.25, -0.2) is 0 Å². The van der Waals surface area contributed by atoms with Gasteiger partial charge in [0.15, 0.2) is 0 Å². The van der Waals surface area contributed by atoms with Gasteiger partial charge in [0.2, 0.25) is 0 Å². The summed E-state index contributed by atoms with van der Waals surface area (Å²) < 4.78 is 0. The van der Waals surface area contributed by atoms with E-state index in [1.165, 1.54) is 6.07 Å². The van der Waals surface area contributed by atoms with Crippen LogP contribution in [0.4, 0.5) is 5.69 Å². The van der Waals surface area contributed by atoms with Gasteiger partial charge in [-0.3, -0.25) is 14.9 Å². The number of nitro groups is 1. The van der Waals surface area contributed by atoms with Crippen molar-refractivity contribution in [2.75, 3.05) is 20.6 Å². The number of likely N-dealkylation sites (N-methyl/N-ethyl adjacent to an activating group) is 1. The summed E-state index contributed by atoms with van der Waals surface area (Å²) in [6, 6.07) is 6.79. The predicted molar refractivity (Wildman–Crippen MR) is 90.9 cm³/mol. The molecule has 1 N–H and O–H groups in total. The van der Waals surface area contributed by atoms with Crippen molar-refractivity contribution < 1.29 is 9.72 Å². The van der Waals surface area contributed by atoms with E-state index in [0.29, 0.717) is 12.1 Å². The average molecular weight is 333 g/mol. The molecule has 0 aliphatic carbocycles. The molecule has 122 valence electrons. The summed E-state index contributed by atoms with van der Waals surface area (Å²) >= 11 is 1.60. The summed E-state index contributed by atoms with van der Waals surface area (Å²) in [4.78, 5) is 25.1. The van der Waals surface area contributed by atoms with Crippen LogP contribution in [-0.2, 0) is 0 Å². The molecular formula is C16H19N3O3S. The van der Waals surface area contributed by atoms with E-state index in [0.717, 1.165) is 5.56 Å². The van der Waals surface area contributed by atoms with E-state index in [1.807, 2.05) is 35.8 Å². The predicted octanol–water partition coefficient (Wildman–Crippen LogP) is 3.00. The summed E-state index contributed by atoms with van der Waals surface area (Å²) in [7, 11) is 3.87. The Morgan fingerprint density at radius 1 is 1.39 bits per heavy atom. The molecule has 0 saturated heterocycles. The van der Waals surface area contributed by atoms with Gasteiger partial charge in [-0.15, -0.1) is 0 Å². The van der Waals surface area contributed by atoms with Gasteiger partial charge in [0.05, 0.1) is 11.0 Å². The lowest BCUT2D eigenvalue weighted by atomic mass is 10.1. The van der Waals surface area contributed by atoms with Crippen LogP contribution in [0, 0.1) is 17.0 Å². The summed E-state index contributed by atoms with van der Waals surface area (Å²) in [5.74, 6) is -0.428. The fourth-order valence-electron chi connectivity index (χ4n) is 2.43. The monoisotopic (exact) mass is 333 g/mol. The second kappa shape index (κ2) is 7.34. The third-order valence-electron chi connectivity index (χ3n) is 3.67. The van der Waals surface area contributed by atoms with Gasteiger partial charge in [-0.05, 0) is 49.5 Å². The van der Waals surface area contributed by atoms with Crippen LogP contribution < -0.4 is 5.32 Å². The number of carbonyl (C=O) groups is 1. The first-order valence-corrected chi connectivity index (χ1v) is 8.06. The number of hydrogen-bond acceptors (Lipinski definition) is 5. The maximum Gasteiger partial charge on any atom is 0.285 e. The van der Waals surface area contributed by atoms with Crippen LogP contribution in [0.1, 0.15) is 27.5 Å². The van der Waals surface area contributed by atoms with Crippen molar-refractivity contribution in [1.82, 2.24) is 10.2 Å². The fourth-order valence-corrected chi connectivity index (χ4v) is 3.14. The molecule has 0 saturated carbocycles. The van der Waals surface area contributed by atoms with Crippen LogP contribution >= 0.6 is 11.3 Å². The molecule has 0 aliphatic rings. The maximum absolute atomic E-state index is 12.4. The van der Waals surface area contributed by atoms with Crippen LogP contribution in [0.15, 0.2) is 35.0 Å². The lowest BCUT2D eigenvalue weighted by molar-refractivity contribution is -0.385. The van der Waals surface area contributed by atoms with E-state index in [2.05, 4.69) is 5.32 Å². The second-order valence-corrected chi connectivity index (χ2v) is 6.25. The number of nitrogens with zero attached hydrogens (tertiary/aromatic N) is 2. The normalized spacial score (nSPS) is 12.2. The smallest absolute Gasteiger partial charge is 0.285 e. The number of aryl methyl sites for hydroxylation is 1. The minimum absolute atomic E-state index is 0.0223. The van der Waals surface area contributed by atoms with E-state index in [4.69, 9.17) is 0 Å². The second-order valence-electron chi connectivity index (χ2n) is 5.47. The highest BCUT2D eigenvalue weighted by atomic mass is 32.1. The Labute approximate surface area is 138 Å². The van der Waals surface area contributed by atoms with Crippen molar-refractivity contribution in [2.45, 2.75) is 13.0 Å². The maximum atomic E-state index is 12.4. The van der Waals surface area contributed by atoms with Crippen LogP contribution in [0.2, 0.25) is 0 Å². The number of thiophene rings is 1. The van der Waals surface area contributed by atoms with Gasteiger partial charge >= 0.3 is 0 Å². The molecular weight excluding hydrogens is 314 g/mol. The fraction of sp³-hybridized carbons (Fsp3) is 0.312. The first kappa shape index (κ1) is 17.1. The van der Waals surface area contributed by atoms with E-state index in [-0.39, 0.29) is 17.3 Å². The van der Waals surface area contributed by atoms with E-state index >= 15 is 0 Å². The zero-order valence-electron chi connectivity index (χ0n) is 13.3. The molecule has 0 aliphatic heterocycles. The van der Waals surface area contributed by atoms with Crippen molar-refractivity contribution in [3.05, 3.63) is 61.8 Å². The van der Waals surface area contributed by atoms with Crippen LogP contribution in [0.3, 0.4) is 0 Å². The number of hydrogen-bond donors (Lipinski definition) is 1. The average Bonchev–Trinajstić information content (AvgIpc) is 3.00. The van der Waals surface area contributed by atoms with E-state index < -0.39 is 10.8 Å². The van der Waals surface area contributed by atoms with E-state index in [9.17, 15) is 14.9 Å². The van der Waals surface area contributed by atoms with Gasteiger partial charge < -0.3 is 10.2 Å². The first-order valence-electron chi connectivity index (χ1n) is 7.12. The van der Waals surface area contributed by atoms with Gasteiger partial charge in [0.1, 0.15) is 5.56 Å². The molecule has 6 nitrogen and oxygen atoms in total. The van der Waals surface area contributed by atoms with E-state index in [1.54, 1.807) is 30.4 Å². The molecule has 1 heterocycles. The van der Waals surface area contributed by atoms with Crippen molar-refractivity contribution in [3.63, 3.8) is 0 Å². The Morgan fingerprint density at radius 3 is 2.70 bits per heavy atom. The van der Waals surface area contributed by atoms with Crippen molar-refractivity contribution in [1.29, 1.82) is 0 Å². The Balaban J connectivity index is 2.17. The lowest BCUT2D eigenvalue weighted by Crippen LogP contribution is -2.34. The zero-order valence-corrected chi connectivity index (χ0v) is 14.1. The Morgan fingerprint density at radius 2 is 2.13 bits per heavy atom. The summed E-state index contributed by atoms with van der Waals surface area (Å²) in [6.45, 7) is 2.01. The molecule has 1 aromatic heterocycles. The molecule has 0 spiro atoms. The molecule has 2 aromatic rings. The minimum Gasteiger partial charge on any atom is -0.350 e. The van der Waals surface area contributed by atoms with Crippen LogP contribution in [0.5, 0.6) is 0 Å². The summed E-state index contributed by atoms with van der Waals surface area (Å²) in [6.07, 6.45) is 0. The quantitative estimate of drug-likeness (QED) is 0.651. The molecule has 0 fully saturated rings. The number of para-hydroxylation sites is 1. The highest BCUT2D eigenvalue weighted by molar-refractivity contribution is 7.07. The largest absolute Gasteiger partial charge is 0.350 e. The Bertz CT molecular complexity index is 699. The highest BCUT2D eigenvalue weighted by Gasteiger charge is 2.23. The zero-order chi connectivity index (χ0) is 17.0. The molecule has 7 heteroatoms. The summed E-state index contributed by atoms with van der Waals surface area (Å²) in [5, 5.41) is 18.0. The van der Waals surface area contributed by atoms with Crippen molar-refractivity contribution >= 4 is 22.9 Å². The number of nitrogens with one attached hydrogen (secondary N) is 1. The van der Waals surface area contributed by atoms with Gasteiger partial charge in [0.25, 0.3) is 11.6 Å². The van der Waals surface area contributed by atoms with Crippen molar-refractivity contribution in [3.8, 4) is 0 Å². The van der Waals surface area contributed by atoms with Gasteiger partial charge in [-0.2, -0.15) is 11.3 Å². The number of nitro benzene ring substituents is 1. The first-order chi connectivity index (χ1) is 10.9. The molecule has 23 heavy (non-hydrogen) atoms. The number of carbonyl (C=O) groups excluding carboxylic acids is 1. The molecule has 1 atom stereocenters. The van der Waals surface area contributed by atoms with Gasteiger partial charge in [0, 0.05) is 12.1 Å². The minimum atomic E-state index is -0.507. The third kappa shape index (κ3) is 3.94. The Kier molecular flexibility index (Phi) is 5.46. The standard InChI is InChI=1S/C16H19N3O3S/c1-11-5-4-6-13(15(11)19(21)22)16(20)17-9-14(18(2)3)12-7-8-23-10-12/h4-8,10,14H,9H2,1-3H3,(H,17,20).